The van der Waals surface area contributed by atoms with Crippen LogP contribution in [-0.2, 0) is 32.0 Å². The number of carbonyl (C=O) groups is 1. The molecule has 1 N–H and O–H groups in total. The van der Waals surface area contributed by atoms with Crippen molar-refractivity contribution in [2.45, 2.75) is 69.8 Å². The molecule has 2 aliphatic heterocycles. The SMILES string of the molecule is COC(=O)C[C@@H]1COc2cc(O[C@@H]3CCc4c(-c5c(C)cc(OCC6(O)CCS(=O)(=O)CC6)cc5C)cc(C(F)(F)F)c(F)c43)ccc21. The summed E-state index contributed by atoms with van der Waals surface area (Å²) in [5, 5.41) is 10.8. The molecule has 0 spiro atoms. The second kappa shape index (κ2) is 12.6. The van der Waals surface area contributed by atoms with Crippen LogP contribution in [0.4, 0.5) is 17.6 Å². The van der Waals surface area contributed by atoms with E-state index in [1.807, 2.05) is 0 Å². The topological polar surface area (TPSA) is 108 Å². The van der Waals surface area contributed by atoms with Gasteiger partial charge in [-0.1, -0.05) is 6.07 Å². The third-order valence-corrected chi connectivity index (χ3v) is 11.2. The summed E-state index contributed by atoms with van der Waals surface area (Å²) in [6.45, 7) is 3.58. The zero-order valence-electron chi connectivity index (χ0n) is 26.7. The predicted molar refractivity (Wildman–Crippen MR) is 168 cm³/mol. The molecule has 2 atom stereocenters. The van der Waals surface area contributed by atoms with Gasteiger partial charge in [0.05, 0.1) is 37.2 Å². The number of aryl methyl sites for hydroxylation is 2. The molecule has 48 heavy (non-hydrogen) atoms. The Morgan fingerprint density at radius 1 is 1.06 bits per heavy atom. The van der Waals surface area contributed by atoms with Gasteiger partial charge in [0.2, 0.25) is 0 Å². The Labute approximate surface area is 275 Å². The van der Waals surface area contributed by atoms with Crippen LogP contribution >= 0.6 is 0 Å². The zero-order chi connectivity index (χ0) is 34.6. The maximum Gasteiger partial charge on any atom is 0.419 e. The molecule has 1 aliphatic carbocycles. The lowest BCUT2D eigenvalue weighted by Crippen LogP contribution is -2.43. The van der Waals surface area contributed by atoms with E-state index >= 15 is 4.39 Å². The zero-order valence-corrected chi connectivity index (χ0v) is 27.5. The molecule has 0 radical (unpaired) electrons. The largest absolute Gasteiger partial charge is 0.492 e. The molecular formula is C35H36F4O8S. The highest BCUT2D eigenvalue weighted by atomic mass is 32.2. The minimum atomic E-state index is -4.97. The van der Waals surface area contributed by atoms with E-state index in [0.29, 0.717) is 39.5 Å². The fraction of sp³-hybridized carbons (Fsp3) is 0.457. The van der Waals surface area contributed by atoms with Crippen molar-refractivity contribution >= 4 is 15.8 Å². The standard InChI is InChI=1S/C35H36F4O8S/c1-19-12-23(46-18-34(41)8-10-48(42,43)11-9-34)13-20(2)31(19)26-16-27(35(37,38)39)33(36)32-25(26)6-7-28(32)47-22-4-5-24-21(14-30(40)44-3)17-45-29(24)15-22/h4-5,12-13,15-16,21,28,41H,6-11,14,17-18H2,1-3H3/t21-,28-/m1/s1. The van der Waals surface area contributed by atoms with Crippen LogP contribution in [0.2, 0.25) is 0 Å². The Balaban J connectivity index is 1.30. The van der Waals surface area contributed by atoms with Crippen molar-refractivity contribution in [1.29, 1.82) is 0 Å². The number of benzene rings is 3. The third-order valence-electron chi connectivity index (χ3n) is 9.52. The Kier molecular flexibility index (Phi) is 8.91. The number of rotatable bonds is 8. The highest BCUT2D eigenvalue weighted by Crippen LogP contribution is 2.48. The fourth-order valence-corrected chi connectivity index (χ4v) is 8.54. The molecule has 8 nitrogen and oxygen atoms in total. The average molecular weight is 693 g/mol. The molecule has 3 aliphatic rings. The molecule has 0 unspecified atom stereocenters. The highest BCUT2D eigenvalue weighted by Gasteiger charge is 2.41. The normalized spacial score (nSPS) is 20.8. The molecule has 1 saturated heterocycles. The first-order chi connectivity index (χ1) is 22.6. The first kappa shape index (κ1) is 34.0. The van der Waals surface area contributed by atoms with Gasteiger partial charge in [0.1, 0.15) is 41.4 Å². The lowest BCUT2D eigenvalue weighted by molar-refractivity contribution is -0.141. The summed E-state index contributed by atoms with van der Waals surface area (Å²) in [5.41, 5.74) is 0.321. The number of carbonyl (C=O) groups excluding carboxylic acids is 1. The smallest absolute Gasteiger partial charge is 0.419 e. The third kappa shape index (κ3) is 6.71. The number of hydrogen-bond acceptors (Lipinski definition) is 8. The van der Waals surface area contributed by atoms with Crippen molar-refractivity contribution in [2.75, 3.05) is 31.8 Å². The first-order valence-corrected chi connectivity index (χ1v) is 17.5. The molecule has 1 fully saturated rings. The van der Waals surface area contributed by atoms with E-state index in [4.69, 9.17) is 18.9 Å². The van der Waals surface area contributed by atoms with Gasteiger partial charge in [0.25, 0.3) is 0 Å². The van der Waals surface area contributed by atoms with E-state index < -0.39 is 39.1 Å². The van der Waals surface area contributed by atoms with Crippen LogP contribution in [0.15, 0.2) is 36.4 Å². The summed E-state index contributed by atoms with van der Waals surface area (Å²) < 4.78 is 105. The lowest BCUT2D eigenvalue weighted by Gasteiger charge is -2.31. The summed E-state index contributed by atoms with van der Waals surface area (Å²) in [7, 11) is -1.89. The van der Waals surface area contributed by atoms with E-state index in [-0.39, 0.29) is 79.8 Å². The van der Waals surface area contributed by atoms with E-state index in [9.17, 15) is 31.5 Å². The van der Waals surface area contributed by atoms with Gasteiger partial charge in [-0.15, -0.1) is 0 Å². The Morgan fingerprint density at radius 3 is 2.40 bits per heavy atom. The van der Waals surface area contributed by atoms with E-state index in [2.05, 4.69) is 0 Å². The Hall–Kier alpha value is -3.84. The molecule has 3 aromatic rings. The van der Waals surface area contributed by atoms with Crippen molar-refractivity contribution < 1.29 is 54.8 Å². The molecule has 0 bridgehead atoms. The minimum absolute atomic E-state index is 0.0466. The van der Waals surface area contributed by atoms with Gasteiger partial charge in [0.15, 0.2) is 9.84 Å². The van der Waals surface area contributed by atoms with Crippen LogP contribution in [0.3, 0.4) is 0 Å². The first-order valence-electron chi connectivity index (χ1n) is 15.7. The van der Waals surface area contributed by atoms with E-state index in [0.717, 1.165) is 11.6 Å². The average Bonchev–Trinajstić information content (AvgIpc) is 3.62. The number of ether oxygens (including phenoxy) is 4. The van der Waals surface area contributed by atoms with Crippen molar-refractivity contribution in [1.82, 2.24) is 0 Å². The molecule has 258 valence electrons. The van der Waals surface area contributed by atoms with Gasteiger partial charge in [-0.25, -0.2) is 12.8 Å². The van der Waals surface area contributed by atoms with Gasteiger partial charge < -0.3 is 24.1 Å². The quantitative estimate of drug-likeness (QED) is 0.209. The van der Waals surface area contributed by atoms with Crippen LogP contribution in [0, 0.1) is 19.7 Å². The number of fused-ring (bicyclic) bond motifs is 2. The second-order valence-electron chi connectivity index (χ2n) is 12.9. The molecule has 2 heterocycles. The molecule has 0 amide bonds. The van der Waals surface area contributed by atoms with Crippen molar-refractivity contribution in [3.05, 3.63) is 75.6 Å². The van der Waals surface area contributed by atoms with Crippen LogP contribution < -0.4 is 14.2 Å². The van der Waals surface area contributed by atoms with Gasteiger partial charge >= 0.3 is 12.1 Å². The summed E-state index contributed by atoms with van der Waals surface area (Å²) in [6.07, 6.45) is -5.21. The number of halogens is 4. The summed E-state index contributed by atoms with van der Waals surface area (Å²) in [6, 6.07) is 9.14. The number of alkyl halides is 3. The van der Waals surface area contributed by atoms with Crippen molar-refractivity contribution in [2.24, 2.45) is 0 Å². The molecule has 0 saturated carbocycles. The fourth-order valence-electron chi connectivity index (χ4n) is 6.95. The monoisotopic (exact) mass is 692 g/mol. The Bertz CT molecular complexity index is 1830. The highest BCUT2D eigenvalue weighted by molar-refractivity contribution is 7.91. The summed E-state index contributed by atoms with van der Waals surface area (Å²) >= 11 is 0. The lowest BCUT2D eigenvalue weighted by atomic mass is 9.88. The van der Waals surface area contributed by atoms with Crippen LogP contribution in [0.5, 0.6) is 17.2 Å². The molecule has 0 aromatic heterocycles. The van der Waals surface area contributed by atoms with Crippen LogP contribution in [0.1, 0.15) is 71.1 Å². The van der Waals surface area contributed by atoms with Gasteiger partial charge in [0, 0.05) is 23.1 Å². The second-order valence-corrected chi connectivity index (χ2v) is 15.2. The predicted octanol–water partition coefficient (Wildman–Crippen LogP) is 6.55. The van der Waals surface area contributed by atoms with E-state index in [1.54, 1.807) is 44.2 Å². The number of esters is 1. The maximum atomic E-state index is 15.8. The number of hydrogen-bond donors (Lipinski definition) is 1. The molecular weight excluding hydrogens is 656 g/mol. The van der Waals surface area contributed by atoms with Crippen molar-refractivity contribution in [3.63, 3.8) is 0 Å². The van der Waals surface area contributed by atoms with Crippen molar-refractivity contribution in [3.8, 4) is 28.4 Å². The molecule has 13 heteroatoms. The molecule has 3 aromatic carbocycles. The number of sulfone groups is 1. The minimum Gasteiger partial charge on any atom is -0.492 e. The van der Waals surface area contributed by atoms with E-state index in [1.165, 1.54) is 7.11 Å². The maximum absolute atomic E-state index is 15.8. The number of methoxy groups -OCH3 is 1. The molecule has 6 rings (SSSR count). The number of aliphatic hydroxyl groups is 1. The van der Waals surface area contributed by atoms with Gasteiger partial charge in [-0.2, -0.15) is 13.2 Å². The Morgan fingerprint density at radius 2 is 1.75 bits per heavy atom. The van der Waals surface area contributed by atoms with Gasteiger partial charge in [-0.3, -0.25) is 4.79 Å². The van der Waals surface area contributed by atoms with Crippen LogP contribution in [0.25, 0.3) is 11.1 Å². The summed E-state index contributed by atoms with van der Waals surface area (Å²) in [5.74, 6) is -1.06. The van der Waals surface area contributed by atoms with Gasteiger partial charge in [-0.05, 0) is 91.6 Å². The summed E-state index contributed by atoms with van der Waals surface area (Å²) in [4.78, 5) is 11.8. The van der Waals surface area contributed by atoms with Crippen LogP contribution in [-0.4, -0.2) is 56.9 Å².